The Morgan fingerprint density at radius 3 is 2.92 bits per heavy atom. The van der Waals surface area contributed by atoms with Crippen molar-refractivity contribution in [2.24, 2.45) is 11.3 Å². The van der Waals surface area contributed by atoms with Crippen LogP contribution in [0.1, 0.15) is 26.1 Å². The highest BCUT2D eigenvalue weighted by atomic mass is 35.5. The monoisotopic (exact) mass is 349 g/mol. The molecule has 0 unspecified atom stereocenters. The molecule has 2 aromatic rings. The molecule has 24 heavy (non-hydrogen) atoms. The number of rotatable bonds is 6. The molecule has 7 heteroatoms. The summed E-state index contributed by atoms with van der Waals surface area (Å²) >= 11 is 6.09. The van der Waals surface area contributed by atoms with Crippen LogP contribution < -0.4 is 5.32 Å². The van der Waals surface area contributed by atoms with E-state index < -0.39 is 0 Å². The highest BCUT2D eigenvalue weighted by Crippen LogP contribution is 2.52. The zero-order valence-corrected chi connectivity index (χ0v) is 14.7. The van der Waals surface area contributed by atoms with Gasteiger partial charge in [-0.3, -0.25) is 4.79 Å². The van der Waals surface area contributed by atoms with Crippen molar-refractivity contribution in [3.05, 3.63) is 29.0 Å². The maximum absolute atomic E-state index is 12.4. The van der Waals surface area contributed by atoms with Gasteiger partial charge in [0.15, 0.2) is 5.82 Å². The molecule has 6 nitrogen and oxygen atoms in total. The third-order valence-corrected chi connectivity index (χ3v) is 4.53. The van der Waals surface area contributed by atoms with Crippen molar-refractivity contribution in [2.45, 2.75) is 26.7 Å². The quantitative estimate of drug-likeness (QED) is 0.862. The minimum absolute atomic E-state index is 0.00249. The van der Waals surface area contributed by atoms with Gasteiger partial charge in [0.1, 0.15) is 0 Å². The van der Waals surface area contributed by atoms with Crippen LogP contribution >= 0.6 is 11.6 Å². The van der Waals surface area contributed by atoms with E-state index in [-0.39, 0.29) is 17.2 Å². The van der Waals surface area contributed by atoms with Crippen LogP contribution in [0, 0.1) is 11.3 Å². The Balaban J connectivity index is 1.83. The van der Waals surface area contributed by atoms with E-state index in [0.717, 1.165) is 6.42 Å². The number of anilines is 1. The van der Waals surface area contributed by atoms with E-state index in [9.17, 15) is 4.79 Å². The summed E-state index contributed by atoms with van der Waals surface area (Å²) in [5, 5.41) is 7.42. The van der Waals surface area contributed by atoms with Crippen LogP contribution in [0.2, 0.25) is 5.02 Å². The maximum Gasteiger partial charge on any atom is 0.260 e. The summed E-state index contributed by atoms with van der Waals surface area (Å²) in [4.78, 5) is 16.7. The van der Waals surface area contributed by atoms with Crippen LogP contribution in [0.4, 0.5) is 5.69 Å². The first-order chi connectivity index (χ1) is 11.4. The van der Waals surface area contributed by atoms with E-state index in [0.29, 0.717) is 41.0 Å². The molecule has 1 atom stereocenters. The fourth-order valence-electron chi connectivity index (χ4n) is 2.60. The molecular weight excluding hydrogens is 330 g/mol. The standard InChI is InChI=1S/C17H20ClN3O3/c1-17(2)9-12(17)15(22)19-13-5-4-10(18)8-11(13)16-20-14(21-24-16)6-7-23-3/h4-5,8,12H,6-7,9H2,1-3H3,(H,19,22)/t12-/m1/s1. The number of carbonyl (C=O) groups excluding carboxylic acids is 1. The highest BCUT2D eigenvalue weighted by molar-refractivity contribution is 6.31. The minimum Gasteiger partial charge on any atom is -0.384 e. The van der Waals surface area contributed by atoms with Gasteiger partial charge in [0.25, 0.3) is 5.89 Å². The number of hydrogen-bond acceptors (Lipinski definition) is 5. The molecule has 0 aliphatic heterocycles. The normalized spacial score (nSPS) is 18.4. The molecule has 1 aromatic carbocycles. The first kappa shape index (κ1) is 16.9. The molecule has 0 radical (unpaired) electrons. The SMILES string of the molecule is COCCc1noc(-c2cc(Cl)ccc2NC(=O)[C@H]2CC2(C)C)n1. The Morgan fingerprint density at radius 2 is 2.25 bits per heavy atom. The van der Waals surface area contributed by atoms with Crippen molar-refractivity contribution < 1.29 is 14.1 Å². The summed E-state index contributed by atoms with van der Waals surface area (Å²) in [6, 6.07) is 5.19. The first-order valence-electron chi connectivity index (χ1n) is 7.83. The molecule has 0 spiro atoms. The van der Waals surface area contributed by atoms with Crippen LogP contribution in [0.25, 0.3) is 11.5 Å². The van der Waals surface area contributed by atoms with E-state index >= 15 is 0 Å². The Labute approximate surface area is 145 Å². The van der Waals surface area contributed by atoms with Gasteiger partial charge in [-0.2, -0.15) is 4.98 Å². The molecule has 3 rings (SSSR count). The Morgan fingerprint density at radius 1 is 1.50 bits per heavy atom. The van der Waals surface area contributed by atoms with E-state index in [2.05, 4.69) is 29.3 Å². The predicted octanol–water partition coefficient (Wildman–Crippen LogP) is 3.56. The molecule has 1 aliphatic carbocycles. The molecule has 1 aliphatic rings. The number of nitrogens with zero attached hydrogens (tertiary/aromatic N) is 2. The summed E-state index contributed by atoms with van der Waals surface area (Å²) in [7, 11) is 1.62. The third kappa shape index (κ3) is 3.60. The van der Waals surface area contributed by atoms with E-state index in [1.165, 1.54) is 0 Å². The lowest BCUT2D eigenvalue weighted by atomic mass is 10.1. The zero-order valence-electron chi connectivity index (χ0n) is 13.9. The summed E-state index contributed by atoms with van der Waals surface area (Å²) in [5.74, 6) is 0.907. The van der Waals surface area contributed by atoms with Gasteiger partial charge in [-0.05, 0) is 30.0 Å². The summed E-state index contributed by atoms with van der Waals surface area (Å²) < 4.78 is 10.3. The van der Waals surface area contributed by atoms with E-state index in [1.807, 2.05) is 0 Å². The average molecular weight is 350 g/mol. The van der Waals surface area contributed by atoms with Crippen LogP contribution in [-0.2, 0) is 16.0 Å². The van der Waals surface area contributed by atoms with Crippen LogP contribution in [-0.4, -0.2) is 29.8 Å². The number of ether oxygens (including phenoxy) is 1. The van der Waals surface area contributed by atoms with Gasteiger partial charge in [0.05, 0.1) is 17.9 Å². The largest absolute Gasteiger partial charge is 0.384 e. The number of nitrogens with one attached hydrogen (secondary N) is 1. The molecule has 1 N–H and O–H groups in total. The predicted molar refractivity (Wildman–Crippen MR) is 90.8 cm³/mol. The number of aromatic nitrogens is 2. The number of amides is 1. The second-order valence-corrected chi connectivity index (χ2v) is 7.12. The Bertz CT molecular complexity index is 757. The lowest BCUT2D eigenvalue weighted by Gasteiger charge is -2.10. The lowest BCUT2D eigenvalue weighted by molar-refractivity contribution is -0.117. The average Bonchev–Trinajstić information content (AvgIpc) is 2.96. The van der Waals surface area contributed by atoms with Crippen LogP contribution in [0.3, 0.4) is 0 Å². The number of halogens is 1. The van der Waals surface area contributed by atoms with Gasteiger partial charge < -0.3 is 14.6 Å². The van der Waals surface area contributed by atoms with Crippen molar-refractivity contribution >= 4 is 23.2 Å². The lowest BCUT2D eigenvalue weighted by Crippen LogP contribution is -2.17. The van der Waals surface area contributed by atoms with Gasteiger partial charge in [0.2, 0.25) is 5.91 Å². The first-order valence-corrected chi connectivity index (χ1v) is 8.21. The van der Waals surface area contributed by atoms with Gasteiger partial charge in [-0.15, -0.1) is 0 Å². The van der Waals surface area contributed by atoms with Gasteiger partial charge in [-0.1, -0.05) is 30.6 Å². The van der Waals surface area contributed by atoms with E-state index in [1.54, 1.807) is 25.3 Å². The number of benzene rings is 1. The molecule has 1 fully saturated rings. The Kier molecular flexibility index (Phi) is 4.60. The van der Waals surface area contributed by atoms with Crippen molar-refractivity contribution in [1.82, 2.24) is 10.1 Å². The van der Waals surface area contributed by atoms with Gasteiger partial charge >= 0.3 is 0 Å². The molecule has 0 bridgehead atoms. The smallest absolute Gasteiger partial charge is 0.260 e. The molecule has 1 aromatic heterocycles. The number of hydrogen-bond donors (Lipinski definition) is 1. The topological polar surface area (TPSA) is 77.3 Å². The Hall–Kier alpha value is -1.92. The van der Waals surface area contributed by atoms with Gasteiger partial charge in [0, 0.05) is 24.5 Å². The molecular formula is C17H20ClN3O3. The molecule has 0 saturated heterocycles. The minimum atomic E-state index is 0.00249. The molecule has 1 saturated carbocycles. The second kappa shape index (κ2) is 6.53. The van der Waals surface area contributed by atoms with Crippen molar-refractivity contribution in [2.75, 3.05) is 19.0 Å². The van der Waals surface area contributed by atoms with Gasteiger partial charge in [-0.25, -0.2) is 0 Å². The highest BCUT2D eigenvalue weighted by Gasteiger charge is 2.50. The number of methoxy groups -OCH3 is 1. The molecule has 128 valence electrons. The van der Waals surface area contributed by atoms with E-state index in [4.69, 9.17) is 20.9 Å². The zero-order chi connectivity index (χ0) is 17.3. The summed E-state index contributed by atoms with van der Waals surface area (Å²) in [6.07, 6.45) is 1.45. The second-order valence-electron chi connectivity index (χ2n) is 6.68. The third-order valence-electron chi connectivity index (χ3n) is 4.30. The van der Waals surface area contributed by atoms with Crippen LogP contribution in [0.15, 0.2) is 22.7 Å². The summed E-state index contributed by atoms with van der Waals surface area (Å²) in [6.45, 7) is 4.68. The fraction of sp³-hybridized carbons (Fsp3) is 0.471. The molecule has 1 amide bonds. The van der Waals surface area contributed by atoms with Crippen LogP contribution in [0.5, 0.6) is 0 Å². The number of carbonyl (C=O) groups is 1. The summed E-state index contributed by atoms with van der Waals surface area (Å²) in [5.41, 5.74) is 1.30. The van der Waals surface area contributed by atoms with Crippen molar-refractivity contribution in [3.63, 3.8) is 0 Å². The maximum atomic E-state index is 12.4. The van der Waals surface area contributed by atoms with Crippen molar-refractivity contribution in [1.29, 1.82) is 0 Å². The van der Waals surface area contributed by atoms with Crippen molar-refractivity contribution in [3.8, 4) is 11.5 Å². The molecule has 1 heterocycles. The fourth-order valence-corrected chi connectivity index (χ4v) is 2.77.